The molecule has 4 atom stereocenters. The molecule has 1 N–H and O–H groups in total. The smallest absolute Gasteiger partial charge is 0.0788 e. The minimum Gasteiger partial charge on any atom is -0.394 e. The number of hydrogen-bond acceptors (Lipinski definition) is 4. The fourth-order valence-electron chi connectivity index (χ4n) is 3.53. The van der Waals surface area contributed by atoms with Crippen molar-refractivity contribution in [3.05, 3.63) is 0 Å². The van der Waals surface area contributed by atoms with E-state index in [0.29, 0.717) is 19.1 Å². The van der Waals surface area contributed by atoms with Crippen LogP contribution in [0, 0.1) is 5.92 Å². The molecule has 1 aliphatic rings. The summed E-state index contributed by atoms with van der Waals surface area (Å²) >= 11 is 0. The maximum atomic E-state index is 8.96. The Balaban J connectivity index is 2.37. The van der Waals surface area contributed by atoms with Crippen molar-refractivity contribution < 1.29 is 19.3 Å². The van der Waals surface area contributed by atoms with Crippen LogP contribution in [0.25, 0.3) is 0 Å². The Morgan fingerprint density at radius 3 is 2.04 bits per heavy atom. The minimum absolute atomic E-state index is 0.0163. The summed E-state index contributed by atoms with van der Waals surface area (Å²) < 4.78 is 17.9. The molecule has 0 radical (unpaired) electrons. The van der Waals surface area contributed by atoms with Crippen molar-refractivity contribution in [3.8, 4) is 0 Å². The Bertz CT molecular complexity index is 302. The number of rotatable bonds is 12. The van der Waals surface area contributed by atoms with Gasteiger partial charge < -0.3 is 19.3 Å². The molecule has 4 unspecified atom stereocenters. The molecule has 1 fully saturated rings. The molecule has 0 spiro atoms. The molecule has 0 aliphatic heterocycles. The fourth-order valence-corrected chi connectivity index (χ4v) is 3.53. The maximum absolute atomic E-state index is 8.96. The quantitative estimate of drug-likeness (QED) is 0.589. The van der Waals surface area contributed by atoms with Crippen molar-refractivity contribution in [2.24, 2.45) is 5.92 Å². The highest BCUT2D eigenvalue weighted by Crippen LogP contribution is 2.42. The summed E-state index contributed by atoms with van der Waals surface area (Å²) in [5.41, 5.74) is 0.0595. The molecule has 4 heteroatoms. The Kier molecular flexibility index (Phi) is 9.67. The molecule has 0 bridgehead atoms. The Labute approximate surface area is 142 Å². The van der Waals surface area contributed by atoms with Gasteiger partial charge >= 0.3 is 0 Å². The van der Waals surface area contributed by atoms with E-state index in [1.807, 2.05) is 13.8 Å². The third-order valence-corrected chi connectivity index (χ3v) is 4.99. The molecular weight excluding hydrogens is 292 g/mol. The molecule has 0 aromatic carbocycles. The van der Waals surface area contributed by atoms with Crippen molar-refractivity contribution in [1.82, 2.24) is 0 Å². The average molecular weight is 331 g/mol. The number of aliphatic hydroxyl groups excluding tert-OH is 1. The summed E-state index contributed by atoms with van der Waals surface area (Å²) in [7, 11) is 0. The van der Waals surface area contributed by atoms with Crippen LogP contribution >= 0.6 is 0 Å². The van der Waals surface area contributed by atoms with Crippen LogP contribution in [0.15, 0.2) is 0 Å². The van der Waals surface area contributed by atoms with Gasteiger partial charge in [0.25, 0.3) is 0 Å². The first kappa shape index (κ1) is 20.9. The summed E-state index contributed by atoms with van der Waals surface area (Å²) in [5, 5.41) is 8.96. The predicted molar refractivity (Wildman–Crippen MR) is 93.7 cm³/mol. The van der Waals surface area contributed by atoms with Gasteiger partial charge in [0, 0.05) is 0 Å². The van der Waals surface area contributed by atoms with Crippen LogP contribution in [-0.2, 0) is 14.2 Å². The summed E-state index contributed by atoms with van der Waals surface area (Å²) in [6.45, 7) is 11.7. The van der Waals surface area contributed by atoms with Crippen LogP contribution in [-0.4, -0.2) is 48.8 Å². The fraction of sp³-hybridized carbons (Fsp3) is 1.00. The Morgan fingerprint density at radius 2 is 1.48 bits per heavy atom. The number of ether oxygens (including phenoxy) is 3. The van der Waals surface area contributed by atoms with E-state index in [-0.39, 0.29) is 30.5 Å². The van der Waals surface area contributed by atoms with Gasteiger partial charge in [-0.15, -0.1) is 0 Å². The molecule has 4 nitrogen and oxygen atoms in total. The van der Waals surface area contributed by atoms with Gasteiger partial charge in [-0.2, -0.15) is 0 Å². The van der Waals surface area contributed by atoms with Crippen molar-refractivity contribution in [2.75, 3.05) is 19.8 Å². The SMILES string of the molecule is CCCC(C)C1(OC(C)COC(C)COC(C)CO)CCCC1. The van der Waals surface area contributed by atoms with E-state index in [2.05, 4.69) is 20.8 Å². The van der Waals surface area contributed by atoms with Crippen LogP contribution in [0.3, 0.4) is 0 Å². The Morgan fingerprint density at radius 1 is 0.913 bits per heavy atom. The Hall–Kier alpha value is -0.160. The third-order valence-electron chi connectivity index (χ3n) is 4.99. The zero-order chi connectivity index (χ0) is 17.3. The topological polar surface area (TPSA) is 47.9 Å². The highest BCUT2D eigenvalue weighted by Gasteiger charge is 2.40. The molecule has 1 rings (SSSR count). The lowest BCUT2D eigenvalue weighted by Gasteiger charge is -2.38. The largest absolute Gasteiger partial charge is 0.394 e. The van der Waals surface area contributed by atoms with Gasteiger partial charge in [0.2, 0.25) is 0 Å². The molecule has 0 aromatic rings. The molecule has 0 aromatic heterocycles. The van der Waals surface area contributed by atoms with E-state index < -0.39 is 0 Å². The molecule has 1 saturated carbocycles. The second-order valence-corrected chi connectivity index (χ2v) is 7.36. The van der Waals surface area contributed by atoms with Crippen LogP contribution in [0.5, 0.6) is 0 Å². The van der Waals surface area contributed by atoms with Crippen LogP contribution in [0.2, 0.25) is 0 Å². The van der Waals surface area contributed by atoms with Gasteiger partial charge in [-0.3, -0.25) is 0 Å². The normalized spacial score (nSPS) is 22.7. The van der Waals surface area contributed by atoms with Gasteiger partial charge in [0.15, 0.2) is 0 Å². The van der Waals surface area contributed by atoms with E-state index in [9.17, 15) is 0 Å². The first-order valence-corrected chi connectivity index (χ1v) is 9.45. The van der Waals surface area contributed by atoms with E-state index in [1.165, 1.54) is 38.5 Å². The number of aliphatic hydroxyl groups is 1. The standard InChI is InChI=1S/C19H38O4/c1-6-9-15(2)19(10-7-8-11-19)23-18(5)14-22-17(4)13-21-16(3)12-20/h15-18,20H,6-14H2,1-5H3. The molecule has 23 heavy (non-hydrogen) atoms. The highest BCUT2D eigenvalue weighted by atomic mass is 16.6. The lowest BCUT2D eigenvalue weighted by Crippen LogP contribution is -2.41. The minimum atomic E-state index is -0.133. The van der Waals surface area contributed by atoms with Crippen LogP contribution < -0.4 is 0 Å². The summed E-state index contributed by atoms with van der Waals surface area (Å²) in [6.07, 6.45) is 7.37. The lowest BCUT2D eigenvalue weighted by molar-refractivity contribution is -0.147. The molecular formula is C19H38O4. The second-order valence-electron chi connectivity index (χ2n) is 7.36. The molecule has 138 valence electrons. The van der Waals surface area contributed by atoms with E-state index >= 15 is 0 Å². The number of hydrogen-bond donors (Lipinski definition) is 1. The average Bonchev–Trinajstić information content (AvgIpc) is 3.00. The van der Waals surface area contributed by atoms with Crippen LogP contribution in [0.1, 0.15) is 73.1 Å². The highest BCUT2D eigenvalue weighted by molar-refractivity contribution is 4.91. The van der Waals surface area contributed by atoms with Gasteiger partial charge in [-0.25, -0.2) is 0 Å². The molecule has 1 aliphatic carbocycles. The summed E-state index contributed by atoms with van der Waals surface area (Å²) in [4.78, 5) is 0. The second kappa shape index (κ2) is 10.7. The van der Waals surface area contributed by atoms with Crippen molar-refractivity contribution in [2.45, 2.75) is 97.1 Å². The van der Waals surface area contributed by atoms with Gasteiger partial charge in [-0.05, 0) is 46.0 Å². The first-order chi connectivity index (χ1) is 10.9. The summed E-state index contributed by atoms with van der Waals surface area (Å²) in [5.74, 6) is 0.614. The third kappa shape index (κ3) is 7.08. The van der Waals surface area contributed by atoms with Crippen molar-refractivity contribution in [1.29, 1.82) is 0 Å². The van der Waals surface area contributed by atoms with E-state index in [0.717, 1.165) is 0 Å². The first-order valence-electron chi connectivity index (χ1n) is 9.45. The molecule has 0 amide bonds. The van der Waals surface area contributed by atoms with Gasteiger partial charge in [-0.1, -0.05) is 33.1 Å². The summed E-state index contributed by atoms with van der Waals surface area (Å²) in [6, 6.07) is 0. The zero-order valence-corrected chi connectivity index (χ0v) is 15.8. The van der Waals surface area contributed by atoms with E-state index in [4.69, 9.17) is 19.3 Å². The zero-order valence-electron chi connectivity index (χ0n) is 15.8. The lowest BCUT2D eigenvalue weighted by atomic mass is 9.83. The van der Waals surface area contributed by atoms with Gasteiger partial charge in [0.1, 0.15) is 0 Å². The molecule has 0 heterocycles. The van der Waals surface area contributed by atoms with E-state index in [1.54, 1.807) is 0 Å². The molecule has 0 saturated heterocycles. The maximum Gasteiger partial charge on any atom is 0.0788 e. The van der Waals surface area contributed by atoms with Crippen molar-refractivity contribution in [3.63, 3.8) is 0 Å². The monoisotopic (exact) mass is 330 g/mol. The van der Waals surface area contributed by atoms with Gasteiger partial charge in [0.05, 0.1) is 43.7 Å². The van der Waals surface area contributed by atoms with Crippen LogP contribution in [0.4, 0.5) is 0 Å². The van der Waals surface area contributed by atoms with Crippen molar-refractivity contribution >= 4 is 0 Å². The predicted octanol–water partition coefficient (Wildman–Crippen LogP) is 3.94.